The molecule has 1 saturated heterocycles. The van der Waals surface area contributed by atoms with Crippen LogP contribution in [0, 0.1) is 0 Å². The molecule has 1 aliphatic rings. The topological polar surface area (TPSA) is 48.1 Å². The van der Waals surface area contributed by atoms with E-state index >= 15 is 0 Å². The number of likely N-dealkylation sites (N-methyl/N-ethyl adjacent to an activating group) is 1. The molecule has 1 atom stereocenters. The largest absolute Gasteiger partial charge is 0.361 e. The molecular formula is C15H19N3O. The Kier molecular flexibility index (Phi) is 2.64. The van der Waals surface area contributed by atoms with E-state index < -0.39 is 0 Å². The molecule has 0 aliphatic carbocycles. The van der Waals surface area contributed by atoms with E-state index in [0.717, 1.165) is 11.9 Å². The second-order valence-corrected chi connectivity index (χ2v) is 5.72. The molecule has 100 valence electrons. The highest BCUT2D eigenvalue weighted by molar-refractivity contribution is 5.87. The quantitative estimate of drug-likeness (QED) is 0.863. The summed E-state index contributed by atoms with van der Waals surface area (Å²) in [6.45, 7) is 4.06. The third-order valence-electron chi connectivity index (χ3n) is 4.09. The molecule has 0 bridgehead atoms. The number of aromatic amines is 1. The zero-order chi connectivity index (χ0) is 13.6. The van der Waals surface area contributed by atoms with Gasteiger partial charge in [-0.1, -0.05) is 18.2 Å². The van der Waals surface area contributed by atoms with Crippen LogP contribution in [-0.4, -0.2) is 34.5 Å². The fourth-order valence-corrected chi connectivity index (χ4v) is 2.75. The Balaban J connectivity index is 1.88. The number of nitrogens with one attached hydrogen (secondary N) is 2. The second-order valence-electron chi connectivity index (χ2n) is 5.72. The first kappa shape index (κ1) is 12.2. The van der Waals surface area contributed by atoms with Crippen molar-refractivity contribution in [2.75, 3.05) is 7.05 Å². The molecule has 2 aromatic rings. The van der Waals surface area contributed by atoms with E-state index in [-0.39, 0.29) is 17.6 Å². The van der Waals surface area contributed by atoms with Gasteiger partial charge in [0.1, 0.15) is 0 Å². The molecule has 1 fully saturated rings. The molecule has 1 aromatic heterocycles. The number of fused-ring (bicyclic) bond motifs is 1. The lowest BCUT2D eigenvalue weighted by Gasteiger charge is -2.27. The highest BCUT2D eigenvalue weighted by atomic mass is 16.2. The van der Waals surface area contributed by atoms with Crippen LogP contribution in [0.4, 0.5) is 0 Å². The van der Waals surface area contributed by atoms with Crippen molar-refractivity contribution in [2.24, 2.45) is 0 Å². The number of rotatable bonds is 2. The molecule has 0 radical (unpaired) electrons. The number of benzene rings is 1. The predicted molar refractivity (Wildman–Crippen MR) is 75.8 cm³/mol. The highest BCUT2D eigenvalue weighted by Gasteiger charge is 2.41. The van der Waals surface area contributed by atoms with Crippen LogP contribution < -0.4 is 5.32 Å². The molecule has 1 aromatic carbocycles. The number of hydrogen-bond acceptors (Lipinski definition) is 2. The van der Waals surface area contributed by atoms with Gasteiger partial charge in [-0.15, -0.1) is 0 Å². The van der Waals surface area contributed by atoms with Gasteiger partial charge in [0.2, 0.25) is 5.91 Å². The molecule has 1 aliphatic heterocycles. The van der Waals surface area contributed by atoms with Crippen LogP contribution >= 0.6 is 0 Å². The van der Waals surface area contributed by atoms with Crippen LogP contribution in [0.25, 0.3) is 10.9 Å². The number of hydrogen-bond donors (Lipinski definition) is 2. The van der Waals surface area contributed by atoms with E-state index in [0.29, 0.717) is 0 Å². The summed E-state index contributed by atoms with van der Waals surface area (Å²) in [5, 5.41) is 4.59. The average molecular weight is 257 g/mol. The first-order valence-corrected chi connectivity index (χ1v) is 6.59. The summed E-state index contributed by atoms with van der Waals surface area (Å²) in [5.74, 6) is 0.162. The number of amides is 1. The molecule has 19 heavy (non-hydrogen) atoms. The van der Waals surface area contributed by atoms with Crippen LogP contribution in [0.1, 0.15) is 19.4 Å². The summed E-state index contributed by atoms with van der Waals surface area (Å²) in [7, 11) is 1.85. The van der Waals surface area contributed by atoms with Gasteiger partial charge in [0.25, 0.3) is 0 Å². The first-order valence-electron chi connectivity index (χ1n) is 6.59. The first-order chi connectivity index (χ1) is 8.99. The molecule has 0 spiro atoms. The summed E-state index contributed by atoms with van der Waals surface area (Å²) < 4.78 is 0. The zero-order valence-electron chi connectivity index (χ0n) is 11.5. The van der Waals surface area contributed by atoms with Crippen LogP contribution in [0.5, 0.6) is 0 Å². The van der Waals surface area contributed by atoms with Crippen LogP contribution in [-0.2, 0) is 11.2 Å². The maximum Gasteiger partial charge on any atom is 0.241 e. The highest BCUT2D eigenvalue weighted by Crippen LogP contribution is 2.24. The lowest BCUT2D eigenvalue weighted by atomic mass is 10.1. The predicted octanol–water partition coefficient (Wildman–Crippen LogP) is 1.88. The zero-order valence-corrected chi connectivity index (χ0v) is 11.5. The van der Waals surface area contributed by atoms with Crippen molar-refractivity contribution in [2.45, 2.75) is 32.0 Å². The summed E-state index contributed by atoms with van der Waals surface area (Å²) in [5.41, 5.74) is 2.04. The Morgan fingerprint density at radius 2 is 2.05 bits per heavy atom. The summed E-state index contributed by atoms with van der Waals surface area (Å²) >= 11 is 0. The van der Waals surface area contributed by atoms with Gasteiger partial charge in [-0.3, -0.25) is 10.1 Å². The number of H-pyrrole nitrogens is 1. The monoisotopic (exact) mass is 257 g/mol. The number of para-hydroxylation sites is 1. The van der Waals surface area contributed by atoms with Crippen molar-refractivity contribution in [3.63, 3.8) is 0 Å². The maximum absolute atomic E-state index is 12.2. The Labute approximate surface area is 112 Å². The minimum Gasteiger partial charge on any atom is -0.361 e. The number of carbonyl (C=O) groups excluding carboxylic acids is 1. The van der Waals surface area contributed by atoms with Crippen molar-refractivity contribution in [1.29, 1.82) is 0 Å². The molecular weight excluding hydrogens is 238 g/mol. The van der Waals surface area contributed by atoms with Crippen molar-refractivity contribution >= 4 is 16.8 Å². The lowest BCUT2D eigenvalue weighted by molar-refractivity contribution is -0.129. The summed E-state index contributed by atoms with van der Waals surface area (Å²) in [6, 6.07) is 8.05. The van der Waals surface area contributed by atoms with Gasteiger partial charge in [0, 0.05) is 24.1 Å². The molecule has 1 amide bonds. The Bertz CT molecular complexity index is 629. The molecule has 2 N–H and O–H groups in total. The van der Waals surface area contributed by atoms with Crippen LogP contribution in [0.15, 0.2) is 30.5 Å². The number of nitrogens with zero attached hydrogens (tertiary/aromatic N) is 1. The maximum atomic E-state index is 12.2. The normalized spacial score (nSPS) is 22.4. The minimum atomic E-state index is -0.270. The Morgan fingerprint density at radius 3 is 2.74 bits per heavy atom. The smallest absolute Gasteiger partial charge is 0.241 e. The fourth-order valence-electron chi connectivity index (χ4n) is 2.75. The molecule has 4 heteroatoms. The van der Waals surface area contributed by atoms with Crippen molar-refractivity contribution in [1.82, 2.24) is 15.2 Å². The molecule has 0 saturated carbocycles. The van der Waals surface area contributed by atoms with E-state index in [1.807, 2.05) is 39.2 Å². The molecule has 4 nitrogen and oxygen atoms in total. The van der Waals surface area contributed by atoms with Crippen molar-refractivity contribution in [3.8, 4) is 0 Å². The number of aromatic nitrogens is 1. The van der Waals surface area contributed by atoms with E-state index in [9.17, 15) is 4.79 Å². The van der Waals surface area contributed by atoms with Crippen molar-refractivity contribution in [3.05, 3.63) is 36.0 Å². The Hall–Kier alpha value is -1.81. The van der Waals surface area contributed by atoms with E-state index in [1.165, 1.54) is 10.9 Å². The second kappa shape index (κ2) is 4.10. The molecule has 0 unspecified atom stereocenters. The minimum absolute atomic E-state index is 0.140. The van der Waals surface area contributed by atoms with Crippen LogP contribution in [0.2, 0.25) is 0 Å². The number of carbonyl (C=O) groups is 1. The third kappa shape index (κ3) is 1.92. The van der Waals surface area contributed by atoms with E-state index in [4.69, 9.17) is 0 Å². The van der Waals surface area contributed by atoms with E-state index in [1.54, 1.807) is 4.90 Å². The van der Waals surface area contributed by atoms with Gasteiger partial charge in [-0.2, -0.15) is 0 Å². The Morgan fingerprint density at radius 1 is 1.32 bits per heavy atom. The molecule has 2 heterocycles. The third-order valence-corrected chi connectivity index (χ3v) is 4.09. The lowest BCUT2D eigenvalue weighted by Crippen LogP contribution is -2.45. The average Bonchev–Trinajstić information content (AvgIpc) is 2.87. The van der Waals surface area contributed by atoms with Gasteiger partial charge >= 0.3 is 0 Å². The summed E-state index contributed by atoms with van der Waals surface area (Å²) in [4.78, 5) is 17.3. The van der Waals surface area contributed by atoms with Crippen molar-refractivity contribution < 1.29 is 4.79 Å². The summed E-state index contributed by atoms with van der Waals surface area (Å²) in [6.07, 6.45) is 2.72. The van der Waals surface area contributed by atoms with Gasteiger partial charge in [0.15, 0.2) is 0 Å². The van der Waals surface area contributed by atoms with Crippen LogP contribution in [0.3, 0.4) is 0 Å². The fraction of sp³-hybridized carbons (Fsp3) is 0.400. The standard InChI is InChI=1S/C15H19N3O/c1-15(2)17-13(14(19)18(15)3)8-10-9-16-12-7-5-4-6-11(10)12/h4-7,9,13,16-17H,8H2,1-3H3/t13-/m0/s1. The van der Waals surface area contributed by atoms with Gasteiger partial charge in [-0.05, 0) is 31.9 Å². The van der Waals surface area contributed by atoms with Gasteiger partial charge < -0.3 is 9.88 Å². The SMILES string of the molecule is CN1C(=O)[C@H](Cc2c[nH]c3ccccc23)NC1(C)C. The van der Waals surface area contributed by atoms with E-state index in [2.05, 4.69) is 22.4 Å². The van der Waals surface area contributed by atoms with Gasteiger partial charge in [0.05, 0.1) is 11.7 Å². The molecule has 3 rings (SSSR count). The van der Waals surface area contributed by atoms with Gasteiger partial charge in [-0.25, -0.2) is 0 Å².